The van der Waals surface area contributed by atoms with Gasteiger partial charge in [0.05, 0.1) is 6.61 Å². The van der Waals surface area contributed by atoms with Crippen molar-refractivity contribution in [3.05, 3.63) is 18.2 Å². The molecule has 1 aliphatic rings. The minimum absolute atomic E-state index is 0.320. The Morgan fingerprint density at radius 3 is 3.06 bits per heavy atom. The molecule has 1 saturated heterocycles. The Bertz CT molecular complexity index is 329. The summed E-state index contributed by atoms with van der Waals surface area (Å²) in [5.74, 6) is 1.17. The van der Waals surface area contributed by atoms with E-state index in [-0.39, 0.29) is 0 Å². The van der Waals surface area contributed by atoms with E-state index in [1.807, 2.05) is 19.4 Å². The molecule has 0 amide bonds. The molecule has 0 spiro atoms. The highest BCUT2D eigenvalue weighted by Crippen LogP contribution is 2.32. The number of nitrogens with one attached hydrogen (secondary N) is 1. The first-order valence-electron chi connectivity index (χ1n) is 5.94. The maximum absolute atomic E-state index is 5.55. The number of rotatable bonds is 5. The minimum Gasteiger partial charge on any atom is -0.381 e. The molecule has 0 bridgehead atoms. The number of aromatic nitrogens is 2. The van der Waals surface area contributed by atoms with Gasteiger partial charge in [-0.05, 0) is 19.9 Å². The largest absolute Gasteiger partial charge is 0.381 e. The van der Waals surface area contributed by atoms with Crippen molar-refractivity contribution in [3.63, 3.8) is 0 Å². The molecule has 90 valence electrons. The smallest absolute Gasteiger partial charge is 0.108 e. The van der Waals surface area contributed by atoms with Crippen LogP contribution in [-0.2, 0) is 18.2 Å². The highest BCUT2D eigenvalue weighted by molar-refractivity contribution is 4.95. The first kappa shape index (κ1) is 11.6. The summed E-state index contributed by atoms with van der Waals surface area (Å²) in [5.41, 5.74) is 0.320. The van der Waals surface area contributed by atoms with E-state index in [1.165, 1.54) is 5.82 Å². The molecular weight excluding hydrogens is 202 g/mol. The average molecular weight is 223 g/mol. The van der Waals surface area contributed by atoms with E-state index in [4.69, 9.17) is 4.74 Å². The topological polar surface area (TPSA) is 39.1 Å². The summed E-state index contributed by atoms with van der Waals surface area (Å²) in [6.45, 7) is 2.83. The molecule has 1 fully saturated rings. The predicted octanol–water partition coefficient (Wildman–Crippen LogP) is 0.979. The number of hydrogen-bond acceptors (Lipinski definition) is 3. The van der Waals surface area contributed by atoms with Gasteiger partial charge in [0, 0.05) is 44.4 Å². The van der Waals surface area contributed by atoms with E-state index in [0.717, 1.165) is 39.0 Å². The van der Waals surface area contributed by atoms with Crippen molar-refractivity contribution in [2.75, 3.05) is 26.8 Å². The van der Waals surface area contributed by atoms with E-state index < -0.39 is 0 Å². The van der Waals surface area contributed by atoms with Gasteiger partial charge in [0.2, 0.25) is 0 Å². The van der Waals surface area contributed by atoms with Crippen LogP contribution in [0.4, 0.5) is 0 Å². The van der Waals surface area contributed by atoms with Crippen molar-refractivity contribution in [1.29, 1.82) is 0 Å². The van der Waals surface area contributed by atoms with Crippen LogP contribution in [0.25, 0.3) is 0 Å². The van der Waals surface area contributed by atoms with Crippen LogP contribution in [0.2, 0.25) is 0 Å². The van der Waals surface area contributed by atoms with Crippen LogP contribution >= 0.6 is 0 Å². The standard InChI is InChI=1S/C12H21N3O/c1-13-9-12(5-8-16-10-12)4-3-11-14-6-7-15(11)2/h6-7,13H,3-5,8-10H2,1-2H3. The third kappa shape index (κ3) is 2.44. The summed E-state index contributed by atoms with van der Waals surface area (Å²) in [4.78, 5) is 4.37. The lowest BCUT2D eigenvalue weighted by Gasteiger charge is -2.26. The molecule has 1 aromatic rings. The van der Waals surface area contributed by atoms with Gasteiger partial charge in [-0.25, -0.2) is 4.98 Å². The maximum Gasteiger partial charge on any atom is 0.108 e. The summed E-state index contributed by atoms with van der Waals surface area (Å²) in [6, 6.07) is 0. The Hall–Kier alpha value is -0.870. The van der Waals surface area contributed by atoms with Gasteiger partial charge in [-0.2, -0.15) is 0 Å². The average Bonchev–Trinajstić information content (AvgIpc) is 2.86. The van der Waals surface area contributed by atoms with E-state index >= 15 is 0 Å². The number of nitrogens with zero attached hydrogens (tertiary/aromatic N) is 2. The lowest BCUT2D eigenvalue weighted by Crippen LogP contribution is -2.33. The van der Waals surface area contributed by atoms with Crippen LogP contribution in [-0.4, -0.2) is 36.4 Å². The predicted molar refractivity (Wildman–Crippen MR) is 63.3 cm³/mol. The molecular formula is C12H21N3O. The van der Waals surface area contributed by atoms with Crippen LogP contribution in [0.1, 0.15) is 18.7 Å². The van der Waals surface area contributed by atoms with Crippen LogP contribution in [0.15, 0.2) is 12.4 Å². The lowest BCUT2D eigenvalue weighted by atomic mass is 9.82. The van der Waals surface area contributed by atoms with Gasteiger partial charge in [0.1, 0.15) is 5.82 Å². The van der Waals surface area contributed by atoms with Crippen molar-refractivity contribution in [1.82, 2.24) is 14.9 Å². The van der Waals surface area contributed by atoms with Crippen LogP contribution in [0.5, 0.6) is 0 Å². The second-order valence-corrected chi connectivity index (χ2v) is 4.79. The van der Waals surface area contributed by atoms with E-state index in [0.29, 0.717) is 5.41 Å². The number of imidazole rings is 1. The maximum atomic E-state index is 5.55. The highest BCUT2D eigenvalue weighted by Gasteiger charge is 2.34. The molecule has 2 rings (SSSR count). The third-order valence-corrected chi connectivity index (χ3v) is 3.54. The summed E-state index contributed by atoms with van der Waals surface area (Å²) in [6.07, 6.45) is 7.22. The highest BCUT2D eigenvalue weighted by atomic mass is 16.5. The number of ether oxygens (including phenoxy) is 1. The quantitative estimate of drug-likeness (QED) is 0.808. The van der Waals surface area contributed by atoms with Crippen molar-refractivity contribution in [2.24, 2.45) is 12.5 Å². The van der Waals surface area contributed by atoms with E-state index in [9.17, 15) is 0 Å². The molecule has 16 heavy (non-hydrogen) atoms. The number of hydrogen-bond donors (Lipinski definition) is 1. The number of aryl methyl sites for hydroxylation is 2. The molecule has 0 radical (unpaired) electrons. The summed E-state index contributed by atoms with van der Waals surface area (Å²) in [7, 11) is 4.07. The lowest BCUT2D eigenvalue weighted by molar-refractivity contribution is 0.145. The van der Waals surface area contributed by atoms with Crippen molar-refractivity contribution < 1.29 is 4.74 Å². The van der Waals surface area contributed by atoms with Crippen molar-refractivity contribution >= 4 is 0 Å². The Kier molecular flexibility index (Phi) is 3.61. The van der Waals surface area contributed by atoms with Crippen LogP contribution in [0.3, 0.4) is 0 Å². The SMILES string of the molecule is CNCC1(CCc2nccn2C)CCOC1. The second kappa shape index (κ2) is 4.97. The van der Waals surface area contributed by atoms with Gasteiger partial charge >= 0.3 is 0 Å². The Balaban J connectivity index is 1.94. The first-order chi connectivity index (χ1) is 7.76. The molecule has 1 aliphatic heterocycles. The first-order valence-corrected chi connectivity index (χ1v) is 5.94. The fourth-order valence-corrected chi connectivity index (χ4v) is 2.46. The molecule has 4 heteroatoms. The fraction of sp³-hybridized carbons (Fsp3) is 0.750. The van der Waals surface area contributed by atoms with E-state index in [1.54, 1.807) is 0 Å². The third-order valence-electron chi connectivity index (χ3n) is 3.54. The normalized spacial score (nSPS) is 25.1. The molecule has 0 saturated carbocycles. The van der Waals surface area contributed by atoms with Crippen molar-refractivity contribution in [3.8, 4) is 0 Å². The summed E-state index contributed by atoms with van der Waals surface area (Å²) in [5, 5.41) is 3.29. The van der Waals surface area contributed by atoms with E-state index in [2.05, 4.69) is 21.9 Å². The fourth-order valence-electron chi connectivity index (χ4n) is 2.46. The summed E-state index contributed by atoms with van der Waals surface area (Å²) < 4.78 is 7.65. The Morgan fingerprint density at radius 2 is 2.50 bits per heavy atom. The molecule has 1 unspecified atom stereocenters. The van der Waals surface area contributed by atoms with Gasteiger partial charge in [-0.3, -0.25) is 0 Å². The zero-order valence-corrected chi connectivity index (χ0v) is 10.2. The molecule has 0 aliphatic carbocycles. The molecule has 1 aromatic heterocycles. The minimum atomic E-state index is 0.320. The summed E-state index contributed by atoms with van der Waals surface area (Å²) >= 11 is 0. The van der Waals surface area contributed by atoms with Gasteiger partial charge < -0.3 is 14.6 Å². The Labute approximate surface area is 97.0 Å². The Morgan fingerprint density at radius 1 is 1.62 bits per heavy atom. The van der Waals surface area contributed by atoms with Crippen molar-refractivity contribution in [2.45, 2.75) is 19.3 Å². The molecule has 4 nitrogen and oxygen atoms in total. The zero-order valence-electron chi connectivity index (χ0n) is 10.2. The molecule has 1 N–H and O–H groups in total. The monoisotopic (exact) mass is 223 g/mol. The molecule has 1 atom stereocenters. The van der Waals surface area contributed by atoms with Crippen LogP contribution < -0.4 is 5.32 Å². The van der Waals surface area contributed by atoms with Gasteiger partial charge in [0.15, 0.2) is 0 Å². The van der Waals surface area contributed by atoms with Gasteiger partial charge in [-0.1, -0.05) is 0 Å². The van der Waals surface area contributed by atoms with Gasteiger partial charge in [-0.15, -0.1) is 0 Å². The van der Waals surface area contributed by atoms with Gasteiger partial charge in [0.25, 0.3) is 0 Å². The molecule has 0 aromatic carbocycles. The molecule has 2 heterocycles. The zero-order chi connectivity index (χ0) is 11.4. The second-order valence-electron chi connectivity index (χ2n) is 4.79. The van der Waals surface area contributed by atoms with Crippen LogP contribution in [0, 0.1) is 5.41 Å².